The van der Waals surface area contributed by atoms with Crippen molar-refractivity contribution >= 4 is 5.97 Å². The fourth-order valence-electron chi connectivity index (χ4n) is 5.44. The van der Waals surface area contributed by atoms with Crippen molar-refractivity contribution in [1.82, 2.24) is 0 Å². The zero-order chi connectivity index (χ0) is 16.1. The Kier molecular flexibility index (Phi) is 4.03. The van der Waals surface area contributed by atoms with Crippen LogP contribution in [-0.2, 0) is 4.79 Å². The third kappa shape index (κ3) is 2.34. The summed E-state index contributed by atoms with van der Waals surface area (Å²) in [5, 5.41) is 17.1. The quantitative estimate of drug-likeness (QED) is 0.718. The van der Waals surface area contributed by atoms with Gasteiger partial charge in [0.2, 0.25) is 0 Å². The number of fused-ring (bicyclic) bond motifs is 1. The number of carboxylic acids is 1. The van der Waals surface area contributed by atoms with E-state index in [-0.39, 0.29) is 0 Å². The first-order valence-corrected chi connectivity index (χ1v) is 8.12. The van der Waals surface area contributed by atoms with Crippen LogP contribution in [0, 0.1) is 22.2 Å². The molecular formula is C18H30O3. The van der Waals surface area contributed by atoms with Crippen molar-refractivity contribution in [2.45, 2.75) is 66.7 Å². The lowest BCUT2D eigenvalue weighted by Gasteiger charge is -2.52. The molecule has 0 amide bonds. The number of allylic oxidation sites excluding steroid dienone is 1. The number of carboxylic acid groups (broad SMARTS) is 1. The van der Waals surface area contributed by atoms with Crippen LogP contribution < -0.4 is 0 Å². The second-order valence-corrected chi connectivity index (χ2v) is 8.28. The van der Waals surface area contributed by atoms with E-state index in [2.05, 4.69) is 27.7 Å². The fraction of sp³-hybridized carbons (Fsp3) is 0.833. The predicted molar refractivity (Wildman–Crippen MR) is 84.0 cm³/mol. The summed E-state index contributed by atoms with van der Waals surface area (Å²) in [5.74, 6) is 0.0245. The second kappa shape index (κ2) is 5.12. The van der Waals surface area contributed by atoms with Crippen molar-refractivity contribution in [2.24, 2.45) is 22.2 Å². The van der Waals surface area contributed by atoms with Crippen LogP contribution in [-0.4, -0.2) is 22.8 Å². The van der Waals surface area contributed by atoms with E-state index in [1.54, 1.807) is 5.57 Å². The molecule has 0 saturated heterocycles. The topological polar surface area (TPSA) is 57.5 Å². The maximum Gasteiger partial charge on any atom is 0.300 e. The number of aliphatic hydroxyl groups excluding tert-OH is 1. The maximum absolute atomic E-state index is 9.71. The largest absolute Gasteiger partial charge is 0.481 e. The zero-order valence-electron chi connectivity index (χ0n) is 14.1. The monoisotopic (exact) mass is 294 g/mol. The standard InChI is InChI=1S/C16H26O.C2H4O2/c1-14(2)7-5-11(10-17)13-15(3,4)12-6-8-16(13,14)9-12;1-2(3)4/h12,17H,5-10H2,1-4H3;1H3,(H,3,4)/t12-,16?;/m0./s1. The molecule has 3 aliphatic carbocycles. The highest BCUT2D eigenvalue weighted by molar-refractivity contribution is 5.62. The molecule has 3 heteroatoms. The zero-order valence-corrected chi connectivity index (χ0v) is 14.1. The summed E-state index contributed by atoms with van der Waals surface area (Å²) >= 11 is 0. The van der Waals surface area contributed by atoms with Gasteiger partial charge in [-0.1, -0.05) is 33.3 Å². The van der Waals surface area contributed by atoms with Crippen molar-refractivity contribution < 1.29 is 15.0 Å². The molecule has 1 unspecified atom stereocenters. The van der Waals surface area contributed by atoms with Gasteiger partial charge in [-0.2, -0.15) is 0 Å². The van der Waals surface area contributed by atoms with Crippen LogP contribution in [0.3, 0.4) is 0 Å². The molecule has 2 bridgehead atoms. The normalized spacial score (nSPS) is 35.0. The Bertz CT molecular complexity index is 469. The summed E-state index contributed by atoms with van der Waals surface area (Å²) in [6.07, 6.45) is 6.53. The van der Waals surface area contributed by atoms with E-state index in [1.165, 1.54) is 31.3 Å². The summed E-state index contributed by atoms with van der Waals surface area (Å²) in [6, 6.07) is 0. The molecule has 2 N–H and O–H groups in total. The third-order valence-electron chi connectivity index (χ3n) is 6.55. The lowest BCUT2D eigenvalue weighted by molar-refractivity contribution is -0.134. The van der Waals surface area contributed by atoms with Gasteiger partial charge in [0.05, 0.1) is 6.61 Å². The second-order valence-electron chi connectivity index (χ2n) is 8.28. The molecule has 0 aromatic rings. The van der Waals surface area contributed by atoms with Gasteiger partial charge < -0.3 is 10.2 Å². The Morgan fingerprint density at radius 2 is 1.81 bits per heavy atom. The fourth-order valence-corrected chi connectivity index (χ4v) is 5.44. The van der Waals surface area contributed by atoms with Gasteiger partial charge in [0.25, 0.3) is 5.97 Å². The molecule has 1 spiro atoms. The molecule has 2 fully saturated rings. The molecule has 3 nitrogen and oxygen atoms in total. The minimum atomic E-state index is -0.833. The lowest BCUT2D eigenvalue weighted by Crippen LogP contribution is -2.43. The average molecular weight is 294 g/mol. The molecular weight excluding hydrogens is 264 g/mol. The van der Waals surface area contributed by atoms with Crippen LogP contribution in [0.1, 0.15) is 66.7 Å². The van der Waals surface area contributed by atoms with Crippen LogP contribution in [0.2, 0.25) is 0 Å². The van der Waals surface area contributed by atoms with Gasteiger partial charge >= 0.3 is 0 Å². The lowest BCUT2D eigenvalue weighted by atomic mass is 9.52. The van der Waals surface area contributed by atoms with Crippen molar-refractivity contribution in [3.63, 3.8) is 0 Å². The highest BCUT2D eigenvalue weighted by Gasteiger charge is 2.65. The first kappa shape index (κ1) is 16.5. The Balaban J connectivity index is 0.000000361. The Hall–Kier alpha value is -0.830. The molecule has 0 heterocycles. The van der Waals surface area contributed by atoms with Crippen molar-refractivity contribution in [3.8, 4) is 0 Å². The van der Waals surface area contributed by atoms with Crippen LogP contribution in [0.15, 0.2) is 11.1 Å². The molecule has 0 radical (unpaired) electrons. The first-order valence-electron chi connectivity index (χ1n) is 8.12. The molecule has 21 heavy (non-hydrogen) atoms. The van der Waals surface area contributed by atoms with E-state index < -0.39 is 5.97 Å². The number of rotatable bonds is 1. The van der Waals surface area contributed by atoms with Gasteiger partial charge in [-0.15, -0.1) is 0 Å². The van der Waals surface area contributed by atoms with Gasteiger partial charge in [-0.05, 0) is 59.8 Å². The number of aliphatic hydroxyl groups is 1. The minimum Gasteiger partial charge on any atom is -0.481 e. The smallest absolute Gasteiger partial charge is 0.300 e. The molecule has 120 valence electrons. The number of aliphatic carboxylic acids is 1. The number of hydrogen-bond donors (Lipinski definition) is 2. The molecule has 0 aromatic heterocycles. The Morgan fingerprint density at radius 3 is 2.33 bits per heavy atom. The maximum atomic E-state index is 9.71. The summed E-state index contributed by atoms with van der Waals surface area (Å²) in [5.41, 5.74) is 4.26. The third-order valence-corrected chi connectivity index (χ3v) is 6.55. The summed E-state index contributed by atoms with van der Waals surface area (Å²) in [4.78, 5) is 9.00. The highest BCUT2D eigenvalue weighted by atomic mass is 16.4. The molecule has 2 atom stereocenters. The summed E-state index contributed by atoms with van der Waals surface area (Å²) < 4.78 is 0. The molecule has 3 aliphatic rings. The van der Waals surface area contributed by atoms with Crippen molar-refractivity contribution in [1.29, 1.82) is 0 Å². The van der Waals surface area contributed by atoms with E-state index in [9.17, 15) is 5.11 Å². The van der Waals surface area contributed by atoms with E-state index in [0.29, 0.717) is 22.9 Å². The van der Waals surface area contributed by atoms with Crippen molar-refractivity contribution in [2.75, 3.05) is 6.61 Å². The molecule has 3 rings (SSSR count). The van der Waals surface area contributed by atoms with Crippen LogP contribution in [0.4, 0.5) is 0 Å². The number of carbonyl (C=O) groups is 1. The van der Waals surface area contributed by atoms with E-state index >= 15 is 0 Å². The van der Waals surface area contributed by atoms with Gasteiger partial charge in [0.15, 0.2) is 0 Å². The summed E-state index contributed by atoms with van der Waals surface area (Å²) in [7, 11) is 0. The van der Waals surface area contributed by atoms with E-state index in [4.69, 9.17) is 9.90 Å². The van der Waals surface area contributed by atoms with Gasteiger partial charge in [0, 0.05) is 6.92 Å². The summed E-state index contributed by atoms with van der Waals surface area (Å²) in [6.45, 7) is 11.1. The van der Waals surface area contributed by atoms with E-state index in [0.717, 1.165) is 19.3 Å². The predicted octanol–water partition coefficient (Wildman–Crippen LogP) is 4.01. The molecule has 0 aromatic carbocycles. The Labute approximate surface area is 128 Å². The number of hydrogen-bond acceptors (Lipinski definition) is 2. The Morgan fingerprint density at radius 1 is 1.24 bits per heavy atom. The van der Waals surface area contributed by atoms with E-state index in [1.807, 2.05) is 0 Å². The van der Waals surface area contributed by atoms with Crippen molar-refractivity contribution in [3.05, 3.63) is 11.1 Å². The average Bonchev–Trinajstić information content (AvgIpc) is 2.86. The van der Waals surface area contributed by atoms with Gasteiger partial charge in [-0.3, -0.25) is 4.79 Å². The molecule has 2 saturated carbocycles. The first-order chi connectivity index (χ1) is 9.58. The SMILES string of the molecule is CC(=O)O.CC1(C)C2=C(CO)CCC(C)(C)C23CC[C@H]1C3. The van der Waals surface area contributed by atoms with Gasteiger partial charge in [-0.25, -0.2) is 0 Å². The minimum absolute atomic E-state index is 0.295. The van der Waals surface area contributed by atoms with Crippen LogP contribution in [0.25, 0.3) is 0 Å². The highest BCUT2D eigenvalue weighted by Crippen LogP contribution is 2.74. The van der Waals surface area contributed by atoms with Crippen LogP contribution >= 0.6 is 0 Å². The van der Waals surface area contributed by atoms with Crippen LogP contribution in [0.5, 0.6) is 0 Å². The molecule has 0 aliphatic heterocycles. The van der Waals surface area contributed by atoms with Gasteiger partial charge in [0.1, 0.15) is 0 Å².